The highest BCUT2D eigenvalue weighted by Crippen LogP contribution is 2.21. The van der Waals surface area contributed by atoms with Crippen molar-refractivity contribution in [3.63, 3.8) is 0 Å². The van der Waals surface area contributed by atoms with Gasteiger partial charge in [-0.3, -0.25) is 4.79 Å². The summed E-state index contributed by atoms with van der Waals surface area (Å²) in [7, 11) is 0. The van der Waals surface area contributed by atoms with E-state index in [4.69, 9.17) is 0 Å². The Labute approximate surface area is 124 Å². The van der Waals surface area contributed by atoms with Crippen LogP contribution in [0.5, 0.6) is 0 Å². The Balaban J connectivity index is 2.31. The second-order valence-electron chi connectivity index (χ2n) is 5.02. The maximum atomic E-state index is 13.7. The number of nitrogens with one attached hydrogen (secondary N) is 2. The molecule has 0 heterocycles. The highest BCUT2D eigenvalue weighted by Gasteiger charge is 2.13. The Kier molecular flexibility index (Phi) is 4.58. The Morgan fingerprint density at radius 2 is 1.71 bits per heavy atom. The molecule has 0 fully saturated rings. The fraction of sp³-hybridized carbons (Fsp3) is 0.235. The lowest BCUT2D eigenvalue weighted by molar-refractivity contribution is 0.102. The highest BCUT2D eigenvalue weighted by molar-refractivity contribution is 6.08. The van der Waals surface area contributed by atoms with Gasteiger partial charge < -0.3 is 10.6 Å². The third-order valence-electron chi connectivity index (χ3n) is 3.16. The zero-order valence-electron chi connectivity index (χ0n) is 12.5. The van der Waals surface area contributed by atoms with Gasteiger partial charge in [0.25, 0.3) is 5.91 Å². The van der Waals surface area contributed by atoms with E-state index in [1.807, 2.05) is 32.9 Å². The van der Waals surface area contributed by atoms with Crippen molar-refractivity contribution in [3.05, 3.63) is 58.9 Å². The van der Waals surface area contributed by atoms with E-state index in [2.05, 4.69) is 10.6 Å². The average Bonchev–Trinajstić information content (AvgIpc) is 2.45. The lowest BCUT2D eigenvalue weighted by Gasteiger charge is -2.13. The predicted octanol–water partition coefficient (Wildman–Crippen LogP) is 4.13. The summed E-state index contributed by atoms with van der Waals surface area (Å²) in [5.41, 5.74) is 3.32. The van der Waals surface area contributed by atoms with Crippen LogP contribution in [0.25, 0.3) is 0 Å². The van der Waals surface area contributed by atoms with Crippen LogP contribution in [0.2, 0.25) is 0 Å². The van der Waals surface area contributed by atoms with Gasteiger partial charge in [0.15, 0.2) is 0 Å². The van der Waals surface area contributed by atoms with Gasteiger partial charge in [-0.25, -0.2) is 4.39 Å². The fourth-order valence-corrected chi connectivity index (χ4v) is 2.12. The van der Waals surface area contributed by atoms with Crippen LogP contribution in [-0.4, -0.2) is 12.5 Å². The molecule has 0 aromatic heterocycles. The van der Waals surface area contributed by atoms with Crippen molar-refractivity contribution >= 4 is 17.3 Å². The van der Waals surface area contributed by atoms with E-state index in [1.165, 1.54) is 6.07 Å². The molecule has 0 aliphatic heterocycles. The largest absolute Gasteiger partial charge is 0.385 e. The minimum Gasteiger partial charge on any atom is -0.385 e. The maximum absolute atomic E-state index is 13.7. The number of amides is 1. The quantitative estimate of drug-likeness (QED) is 0.887. The van der Waals surface area contributed by atoms with Gasteiger partial charge in [-0.05, 0) is 50.6 Å². The third-order valence-corrected chi connectivity index (χ3v) is 3.16. The van der Waals surface area contributed by atoms with Crippen LogP contribution in [0.4, 0.5) is 15.8 Å². The lowest BCUT2D eigenvalue weighted by atomic mass is 10.1. The molecule has 0 spiro atoms. The van der Waals surface area contributed by atoms with Crippen LogP contribution in [0.1, 0.15) is 28.4 Å². The van der Waals surface area contributed by atoms with E-state index in [0.717, 1.165) is 16.8 Å². The molecule has 2 aromatic carbocycles. The summed E-state index contributed by atoms with van der Waals surface area (Å²) in [5, 5.41) is 5.78. The molecule has 0 saturated heterocycles. The number of rotatable bonds is 4. The molecule has 0 atom stereocenters. The van der Waals surface area contributed by atoms with Gasteiger partial charge >= 0.3 is 0 Å². The van der Waals surface area contributed by atoms with E-state index < -0.39 is 5.82 Å². The van der Waals surface area contributed by atoms with Gasteiger partial charge in [-0.1, -0.05) is 17.7 Å². The molecule has 0 unspecified atom stereocenters. The Morgan fingerprint density at radius 3 is 2.43 bits per heavy atom. The maximum Gasteiger partial charge on any atom is 0.257 e. The molecular weight excluding hydrogens is 267 g/mol. The van der Waals surface area contributed by atoms with Gasteiger partial charge in [-0.15, -0.1) is 0 Å². The van der Waals surface area contributed by atoms with Crippen molar-refractivity contribution < 1.29 is 9.18 Å². The first-order valence-electron chi connectivity index (χ1n) is 6.93. The van der Waals surface area contributed by atoms with Gasteiger partial charge in [0, 0.05) is 12.2 Å². The number of carbonyl (C=O) groups is 1. The normalized spacial score (nSPS) is 10.3. The van der Waals surface area contributed by atoms with Crippen molar-refractivity contribution in [2.75, 3.05) is 17.2 Å². The fourth-order valence-electron chi connectivity index (χ4n) is 2.12. The first-order chi connectivity index (χ1) is 10.0. The molecular formula is C17H19FN2O. The first-order valence-corrected chi connectivity index (χ1v) is 6.93. The van der Waals surface area contributed by atoms with E-state index in [9.17, 15) is 9.18 Å². The molecule has 0 bridgehead atoms. The zero-order chi connectivity index (χ0) is 15.4. The zero-order valence-corrected chi connectivity index (χ0v) is 12.5. The first kappa shape index (κ1) is 15.0. The van der Waals surface area contributed by atoms with Gasteiger partial charge in [-0.2, -0.15) is 0 Å². The molecule has 0 saturated carbocycles. The summed E-state index contributed by atoms with van der Waals surface area (Å²) >= 11 is 0. The average molecular weight is 286 g/mol. The van der Waals surface area contributed by atoms with E-state index in [-0.39, 0.29) is 11.6 Å². The summed E-state index contributed by atoms with van der Waals surface area (Å²) in [6.45, 7) is 6.44. The molecule has 110 valence electrons. The topological polar surface area (TPSA) is 41.1 Å². The van der Waals surface area contributed by atoms with Crippen LogP contribution in [0.15, 0.2) is 36.4 Å². The molecule has 21 heavy (non-hydrogen) atoms. The SMILES string of the molecule is CCNc1ccc(C)cc1C(=O)Nc1cc(C)ccc1F. The van der Waals surface area contributed by atoms with E-state index >= 15 is 0 Å². The van der Waals surface area contributed by atoms with E-state index in [0.29, 0.717) is 12.1 Å². The molecule has 2 aromatic rings. The van der Waals surface area contributed by atoms with Crippen molar-refractivity contribution in [2.45, 2.75) is 20.8 Å². The summed E-state index contributed by atoms with van der Waals surface area (Å²) in [5.74, 6) is -0.759. The number of anilines is 2. The second-order valence-corrected chi connectivity index (χ2v) is 5.02. The Hall–Kier alpha value is -2.36. The molecule has 0 aliphatic rings. The van der Waals surface area contributed by atoms with Gasteiger partial charge in [0.2, 0.25) is 0 Å². The van der Waals surface area contributed by atoms with Gasteiger partial charge in [0.05, 0.1) is 11.3 Å². The number of halogens is 1. The van der Waals surface area contributed by atoms with Crippen LogP contribution >= 0.6 is 0 Å². The summed E-state index contributed by atoms with van der Waals surface area (Å²) in [6, 6.07) is 10.2. The van der Waals surface area contributed by atoms with Crippen LogP contribution < -0.4 is 10.6 Å². The number of hydrogen-bond donors (Lipinski definition) is 2. The van der Waals surface area contributed by atoms with Crippen LogP contribution in [0, 0.1) is 19.7 Å². The molecule has 2 N–H and O–H groups in total. The lowest BCUT2D eigenvalue weighted by Crippen LogP contribution is -2.16. The summed E-state index contributed by atoms with van der Waals surface area (Å²) in [6.07, 6.45) is 0. The Bertz CT molecular complexity index is 668. The molecule has 4 heteroatoms. The van der Waals surface area contributed by atoms with Crippen molar-refractivity contribution in [3.8, 4) is 0 Å². The summed E-state index contributed by atoms with van der Waals surface area (Å²) < 4.78 is 13.7. The van der Waals surface area contributed by atoms with Crippen molar-refractivity contribution in [1.29, 1.82) is 0 Å². The second kappa shape index (κ2) is 6.39. The van der Waals surface area contributed by atoms with Crippen molar-refractivity contribution in [1.82, 2.24) is 0 Å². The molecule has 0 aliphatic carbocycles. The van der Waals surface area contributed by atoms with E-state index in [1.54, 1.807) is 18.2 Å². The van der Waals surface area contributed by atoms with Gasteiger partial charge in [0.1, 0.15) is 5.82 Å². The number of benzene rings is 2. The predicted molar refractivity (Wildman–Crippen MR) is 84.4 cm³/mol. The number of hydrogen-bond acceptors (Lipinski definition) is 2. The molecule has 0 radical (unpaired) electrons. The number of aryl methyl sites for hydroxylation is 2. The minimum absolute atomic E-state index is 0.198. The number of carbonyl (C=O) groups excluding carboxylic acids is 1. The van der Waals surface area contributed by atoms with Crippen LogP contribution in [0.3, 0.4) is 0 Å². The molecule has 2 rings (SSSR count). The highest BCUT2D eigenvalue weighted by atomic mass is 19.1. The summed E-state index contributed by atoms with van der Waals surface area (Å²) in [4.78, 5) is 12.4. The minimum atomic E-state index is -0.438. The monoisotopic (exact) mass is 286 g/mol. The molecule has 3 nitrogen and oxygen atoms in total. The standard InChI is InChI=1S/C17H19FN2O/c1-4-19-15-8-6-11(2)9-13(15)17(21)20-16-10-12(3)5-7-14(16)18/h5-10,19H,4H2,1-3H3,(H,20,21). The van der Waals surface area contributed by atoms with Crippen LogP contribution in [-0.2, 0) is 0 Å². The third kappa shape index (κ3) is 3.60. The molecule has 1 amide bonds. The smallest absolute Gasteiger partial charge is 0.257 e. The Morgan fingerprint density at radius 1 is 1.05 bits per heavy atom. The van der Waals surface area contributed by atoms with Crippen molar-refractivity contribution in [2.24, 2.45) is 0 Å².